The maximum Gasteiger partial charge on any atom is 0.208 e. The molecule has 2 N–H and O–H groups in total. The third-order valence-electron chi connectivity index (χ3n) is 6.86. The summed E-state index contributed by atoms with van der Waals surface area (Å²) in [7, 11) is 0. The van der Waals surface area contributed by atoms with Crippen molar-refractivity contribution in [2.24, 2.45) is 0 Å². The second-order valence-corrected chi connectivity index (χ2v) is 9.18. The summed E-state index contributed by atoms with van der Waals surface area (Å²) in [6.07, 6.45) is 3.56. The summed E-state index contributed by atoms with van der Waals surface area (Å²) >= 11 is 0. The van der Waals surface area contributed by atoms with E-state index in [-0.39, 0.29) is 39.8 Å². The van der Waals surface area contributed by atoms with Gasteiger partial charge in [0.1, 0.15) is 23.4 Å². The summed E-state index contributed by atoms with van der Waals surface area (Å²) in [5.41, 5.74) is 7.90. The number of nitrogens with zero attached hydrogens (tertiary/aromatic N) is 1. The number of hydrogen-bond acceptors (Lipinski definition) is 8. The van der Waals surface area contributed by atoms with Crippen LogP contribution in [0.2, 0.25) is 0 Å². The number of carbonyl (C=O) groups is 2. The molecule has 0 saturated carbocycles. The van der Waals surface area contributed by atoms with Crippen molar-refractivity contribution in [1.82, 2.24) is 4.98 Å². The lowest BCUT2D eigenvalue weighted by atomic mass is 9.92. The first kappa shape index (κ1) is 22.7. The number of nitrogen functional groups attached to an aromatic ring is 1. The van der Waals surface area contributed by atoms with E-state index in [9.17, 15) is 14.4 Å². The van der Waals surface area contributed by atoms with Gasteiger partial charge in [0.15, 0.2) is 22.9 Å². The molecule has 4 aliphatic rings. The van der Waals surface area contributed by atoms with Gasteiger partial charge in [0.25, 0.3) is 0 Å². The Hall–Kier alpha value is -3.10. The van der Waals surface area contributed by atoms with E-state index in [2.05, 4.69) is 0 Å². The Morgan fingerprint density at radius 2 is 1.62 bits per heavy atom. The number of benzene rings is 2. The van der Waals surface area contributed by atoms with Crippen LogP contribution in [0.1, 0.15) is 70.4 Å². The molecule has 0 spiro atoms. The molecule has 2 atom stereocenters. The number of rotatable bonds is 4. The number of nitrogens with two attached hydrogens (primary N) is 1. The quantitative estimate of drug-likeness (QED) is 0.349. The van der Waals surface area contributed by atoms with Gasteiger partial charge >= 0.3 is 0 Å². The van der Waals surface area contributed by atoms with Crippen LogP contribution in [-0.4, -0.2) is 42.0 Å². The van der Waals surface area contributed by atoms with Crippen LogP contribution in [0.4, 0.5) is 5.69 Å². The number of anilines is 1. The van der Waals surface area contributed by atoms with Crippen molar-refractivity contribution in [3.8, 4) is 11.5 Å². The van der Waals surface area contributed by atoms with E-state index in [1.807, 2.05) is 6.92 Å². The van der Waals surface area contributed by atoms with E-state index in [1.54, 1.807) is 19.1 Å². The third kappa shape index (κ3) is 3.71. The molecule has 0 radical (unpaired) electrons. The summed E-state index contributed by atoms with van der Waals surface area (Å²) < 4.78 is 17.6. The number of fused-ring (bicyclic) bond motifs is 2. The van der Waals surface area contributed by atoms with Gasteiger partial charge in [-0.25, -0.2) is 4.98 Å². The van der Waals surface area contributed by atoms with Crippen molar-refractivity contribution in [3.05, 3.63) is 44.6 Å². The summed E-state index contributed by atoms with van der Waals surface area (Å²) in [5, 5.41) is 0. The van der Waals surface area contributed by atoms with Crippen molar-refractivity contribution in [2.45, 2.75) is 64.6 Å². The van der Waals surface area contributed by atoms with Gasteiger partial charge in [-0.3, -0.25) is 14.4 Å². The minimum Gasteiger partial charge on any atom is -0.452 e. The van der Waals surface area contributed by atoms with Gasteiger partial charge in [-0.1, -0.05) is 6.07 Å². The number of carbonyl (C=O) groups excluding carboxylic acids is 2. The molecular formula is C26H28N2O6. The van der Waals surface area contributed by atoms with Crippen LogP contribution in [0.3, 0.4) is 0 Å². The Morgan fingerprint density at radius 3 is 2.24 bits per heavy atom. The first-order valence-electron chi connectivity index (χ1n) is 11.9. The number of ether oxygens (including phenoxy) is 2. The molecule has 3 aliphatic heterocycles. The van der Waals surface area contributed by atoms with E-state index in [1.165, 1.54) is 0 Å². The summed E-state index contributed by atoms with van der Waals surface area (Å²) in [6.45, 7) is 4.47. The number of Topliss-reactive ketones (excluding diaryl/α,β-unsaturated/α-hetero) is 2. The van der Waals surface area contributed by atoms with Crippen LogP contribution < -0.4 is 11.2 Å². The molecule has 1 aromatic rings. The summed E-state index contributed by atoms with van der Waals surface area (Å²) in [4.78, 5) is 44.5. The third-order valence-corrected chi connectivity index (χ3v) is 6.86. The van der Waals surface area contributed by atoms with Crippen LogP contribution in [0, 0.1) is 13.8 Å². The Morgan fingerprint density at radius 1 is 0.971 bits per heavy atom. The molecule has 1 aromatic carbocycles. The maximum absolute atomic E-state index is 13.5. The molecule has 0 unspecified atom stereocenters. The first-order valence-corrected chi connectivity index (χ1v) is 11.9. The molecule has 0 bridgehead atoms. The van der Waals surface area contributed by atoms with E-state index < -0.39 is 17.6 Å². The van der Waals surface area contributed by atoms with Gasteiger partial charge in [0.2, 0.25) is 5.43 Å². The Kier molecular flexibility index (Phi) is 5.95. The van der Waals surface area contributed by atoms with Gasteiger partial charge in [0.05, 0.1) is 11.3 Å². The van der Waals surface area contributed by atoms with Gasteiger partial charge in [-0.05, 0) is 64.0 Å². The lowest BCUT2D eigenvalue weighted by Gasteiger charge is -2.24. The van der Waals surface area contributed by atoms with Crippen LogP contribution in [0.15, 0.2) is 21.3 Å². The number of aromatic nitrogens is 1. The van der Waals surface area contributed by atoms with E-state index in [0.717, 1.165) is 31.2 Å². The average Bonchev–Trinajstić information content (AvgIpc) is 2.87. The molecule has 8 nitrogen and oxygen atoms in total. The van der Waals surface area contributed by atoms with Crippen molar-refractivity contribution in [3.63, 3.8) is 0 Å². The van der Waals surface area contributed by atoms with Gasteiger partial charge in [0, 0.05) is 24.3 Å². The maximum atomic E-state index is 13.5. The van der Waals surface area contributed by atoms with Crippen molar-refractivity contribution >= 4 is 28.4 Å². The molecule has 34 heavy (non-hydrogen) atoms. The minimum absolute atomic E-state index is 0.0111. The second kappa shape index (κ2) is 8.92. The molecule has 0 amide bonds. The summed E-state index contributed by atoms with van der Waals surface area (Å²) in [5.74, 6) is -0.342. The normalized spacial score (nSPS) is 21.1. The van der Waals surface area contributed by atoms with Gasteiger partial charge in [-0.15, -0.1) is 0 Å². The Bertz CT molecular complexity index is 1320. The molecule has 5 rings (SSSR count). The highest BCUT2D eigenvalue weighted by atomic mass is 16.5. The zero-order chi connectivity index (χ0) is 24.0. The van der Waals surface area contributed by atoms with E-state index in [0.29, 0.717) is 42.7 Å². The van der Waals surface area contributed by atoms with Crippen LogP contribution in [0.25, 0.3) is 22.6 Å². The molecule has 1 aliphatic carbocycles. The zero-order valence-electron chi connectivity index (χ0n) is 19.4. The van der Waals surface area contributed by atoms with Crippen molar-refractivity contribution < 1.29 is 23.5 Å². The van der Waals surface area contributed by atoms with Crippen LogP contribution in [-0.2, 0) is 9.47 Å². The monoisotopic (exact) mass is 464 g/mol. The predicted molar refractivity (Wildman–Crippen MR) is 127 cm³/mol. The molecule has 178 valence electrons. The first-order chi connectivity index (χ1) is 16.4. The van der Waals surface area contributed by atoms with E-state index in [4.69, 9.17) is 24.6 Å². The minimum atomic E-state index is -0.687. The van der Waals surface area contributed by atoms with Crippen LogP contribution in [0.5, 0.6) is 0 Å². The molecule has 0 aromatic heterocycles. The highest BCUT2D eigenvalue weighted by molar-refractivity contribution is 6.11. The number of aryl methyl sites for hydroxylation is 1. The largest absolute Gasteiger partial charge is 0.452 e. The molecule has 2 fully saturated rings. The predicted octanol–water partition coefficient (Wildman–Crippen LogP) is 4.00. The SMILES string of the molecule is Cc1c2oc3c(C)ccc(C(=O)[C@@H]4CCCCO4)c3nc-2c(C(=O)[C@@H]2CCCCO2)c(N)c1=O. The number of ketones is 2. The topological polar surface area (TPSA) is 122 Å². The Balaban J connectivity index is 1.75. The second-order valence-electron chi connectivity index (χ2n) is 9.18. The van der Waals surface area contributed by atoms with Crippen molar-refractivity contribution in [2.75, 3.05) is 18.9 Å². The highest BCUT2D eigenvalue weighted by Gasteiger charge is 2.34. The lowest BCUT2D eigenvalue weighted by Crippen LogP contribution is -2.31. The lowest BCUT2D eigenvalue weighted by molar-refractivity contribution is 0.0187. The van der Waals surface area contributed by atoms with Crippen molar-refractivity contribution in [1.29, 1.82) is 0 Å². The molecule has 8 heteroatoms. The fraction of sp³-hybridized carbons (Fsp3) is 0.462. The highest BCUT2D eigenvalue weighted by Crippen LogP contribution is 2.36. The van der Waals surface area contributed by atoms with Gasteiger partial charge < -0.3 is 19.6 Å². The zero-order valence-corrected chi connectivity index (χ0v) is 19.4. The fourth-order valence-corrected chi connectivity index (χ4v) is 4.87. The van der Waals surface area contributed by atoms with Gasteiger partial charge in [-0.2, -0.15) is 0 Å². The standard InChI is InChI=1S/C26H28N2O6/c1-13-9-10-15(23(30)16-7-3-5-11-32-16)20-25(13)34-26-14(2)22(29)19(27)18(21(26)28-20)24(31)17-8-4-6-12-33-17/h9-10,16-17H,3-8,11-12,27H2,1-2H3/t16-,17-/m0/s1. The number of hydrogen-bond donors (Lipinski definition) is 1. The smallest absolute Gasteiger partial charge is 0.208 e. The van der Waals surface area contributed by atoms with E-state index >= 15 is 0 Å². The fourth-order valence-electron chi connectivity index (χ4n) is 4.87. The van der Waals surface area contributed by atoms with Crippen LogP contribution >= 0.6 is 0 Å². The molecule has 2 saturated heterocycles. The molecule has 3 heterocycles. The molecular weight excluding hydrogens is 436 g/mol. The average molecular weight is 465 g/mol. The summed E-state index contributed by atoms with van der Waals surface area (Å²) in [6, 6.07) is 3.51. The Labute approximate surface area is 196 Å².